The zero-order chi connectivity index (χ0) is 18.7. The summed E-state index contributed by atoms with van der Waals surface area (Å²) in [6.07, 6.45) is 1.99. The van der Waals surface area contributed by atoms with Gasteiger partial charge in [0, 0.05) is 11.1 Å². The Hall–Kier alpha value is -1.51. The molecule has 6 nitrogen and oxygen atoms in total. The fourth-order valence-corrected chi connectivity index (χ4v) is 3.94. The average molecular weight is 440 g/mol. The van der Waals surface area contributed by atoms with E-state index in [0.717, 1.165) is 45.8 Å². The molecule has 1 aliphatic heterocycles. The van der Waals surface area contributed by atoms with E-state index < -0.39 is 0 Å². The van der Waals surface area contributed by atoms with E-state index in [9.17, 15) is 4.79 Å². The second kappa shape index (κ2) is 8.45. The van der Waals surface area contributed by atoms with Crippen LogP contribution in [0.2, 0.25) is 0 Å². The summed E-state index contributed by atoms with van der Waals surface area (Å²) in [5.74, 6) is 0.769. The number of aromatic nitrogens is 2. The van der Waals surface area contributed by atoms with Crippen molar-refractivity contribution >= 4 is 38.3 Å². The highest BCUT2D eigenvalue weighted by molar-refractivity contribution is 9.10. The third-order valence-corrected chi connectivity index (χ3v) is 5.95. The van der Waals surface area contributed by atoms with Gasteiger partial charge in [0.1, 0.15) is 16.9 Å². The van der Waals surface area contributed by atoms with E-state index >= 15 is 0 Å². The summed E-state index contributed by atoms with van der Waals surface area (Å²) >= 11 is 4.90. The molecule has 1 atom stereocenters. The Morgan fingerprint density at radius 1 is 1.46 bits per heavy atom. The van der Waals surface area contributed by atoms with E-state index in [0.29, 0.717) is 11.0 Å². The Balaban J connectivity index is 1.60. The lowest BCUT2D eigenvalue weighted by atomic mass is 10.0. The van der Waals surface area contributed by atoms with Crippen molar-refractivity contribution in [2.45, 2.75) is 45.6 Å². The monoisotopic (exact) mass is 439 g/mol. The lowest BCUT2D eigenvalue weighted by Crippen LogP contribution is -2.20. The molecule has 1 aromatic heterocycles. The number of carbonyl (C=O) groups excluding carboxylic acids is 1. The van der Waals surface area contributed by atoms with E-state index in [4.69, 9.17) is 9.47 Å². The van der Waals surface area contributed by atoms with Gasteiger partial charge in [-0.25, -0.2) is 0 Å². The van der Waals surface area contributed by atoms with Crippen molar-refractivity contribution in [2.24, 2.45) is 0 Å². The van der Waals surface area contributed by atoms with Crippen LogP contribution in [0.15, 0.2) is 16.6 Å². The van der Waals surface area contributed by atoms with Gasteiger partial charge < -0.3 is 9.47 Å². The molecule has 1 saturated heterocycles. The first kappa shape index (κ1) is 19.3. The first-order valence-electron chi connectivity index (χ1n) is 8.61. The topological polar surface area (TPSA) is 73.3 Å². The molecular formula is C18H22BrN3O3S. The molecule has 1 aromatic carbocycles. The van der Waals surface area contributed by atoms with Crippen molar-refractivity contribution in [1.29, 1.82) is 0 Å². The predicted octanol–water partition coefficient (Wildman–Crippen LogP) is 4.60. The highest BCUT2D eigenvalue weighted by Gasteiger charge is 2.22. The van der Waals surface area contributed by atoms with Crippen LogP contribution in [-0.2, 0) is 9.53 Å². The highest BCUT2D eigenvalue weighted by atomic mass is 79.9. The van der Waals surface area contributed by atoms with Crippen LogP contribution in [0, 0.1) is 6.92 Å². The van der Waals surface area contributed by atoms with E-state index in [1.54, 1.807) is 0 Å². The average Bonchev–Trinajstić information content (AvgIpc) is 3.26. The number of rotatable bonds is 6. The molecule has 0 aliphatic carbocycles. The van der Waals surface area contributed by atoms with Crippen LogP contribution in [0.4, 0.5) is 5.13 Å². The van der Waals surface area contributed by atoms with Crippen LogP contribution < -0.4 is 10.1 Å². The number of aryl methyl sites for hydroxylation is 1. The summed E-state index contributed by atoms with van der Waals surface area (Å²) in [6, 6.07) is 4.00. The van der Waals surface area contributed by atoms with Gasteiger partial charge in [-0.05, 0) is 48.9 Å². The number of anilines is 1. The molecule has 0 spiro atoms. The fourth-order valence-electron chi connectivity index (χ4n) is 2.73. The number of nitrogens with zero attached hydrogens (tertiary/aromatic N) is 2. The molecule has 26 heavy (non-hydrogen) atoms. The van der Waals surface area contributed by atoms with Crippen molar-refractivity contribution in [3.8, 4) is 5.75 Å². The summed E-state index contributed by atoms with van der Waals surface area (Å²) in [5, 5.41) is 12.2. The van der Waals surface area contributed by atoms with Gasteiger partial charge in [-0.1, -0.05) is 41.1 Å². The Bertz CT molecular complexity index is 788. The fraction of sp³-hybridized carbons (Fsp3) is 0.500. The quantitative estimate of drug-likeness (QED) is 0.711. The lowest BCUT2D eigenvalue weighted by molar-refractivity contribution is -0.118. The summed E-state index contributed by atoms with van der Waals surface area (Å²) < 4.78 is 12.4. The molecule has 0 saturated carbocycles. The van der Waals surface area contributed by atoms with E-state index in [-0.39, 0.29) is 18.6 Å². The number of amides is 1. The molecule has 1 N–H and O–H groups in total. The normalized spacial score (nSPS) is 16.9. The molecule has 0 bridgehead atoms. The van der Waals surface area contributed by atoms with E-state index in [2.05, 4.69) is 45.3 Å². The van der Waals surface area contributed by atoms with Crippen molar-refractivity contribution in [1.82, 2.24) is 10.2 Å². The van der Waals surface area contributed by atoms with Crippen LogP contribution in [0.5, 0.6) is 5.75 Å². The number of nitrogens with one attached hydrogen (secondary N) is 1. The van der Waals surface area contributed by atoms with Crippen LogP contribution >= 0.6 is 27.3 Å². The smallest absolute Gasteiger partial charge is 0.264 e. The molecule has 8 heteroatoms. The highest BCUT2D eigenvalue weighted by Crippen LogP contribution is 2.33. The lowest BCUT2D eigenvalue weighted by Gasteiger charge is -2.15. The molecule has 1 fully saturated rings. The molecule has 0 radical (unpaired) electrons. The van der Waals surface area contributed by atoms with Crippen molar-refractivity contribution in [3.05, 3.63) is 32.7 Å². The van der Waals surface area contributed by atoms with Gasteiger partial charge >= 0.3 is 0 Å². The number of hydrogen-bond acceptors (Lipinski definition) is 6. The Morgan fingerprint density at radius 3 is 2.96 bits per heavy atom. The zero-order valence-electron chi connectivity index (χ0n) is 15.0. The summed E-state index contributed by atoms with van der Waals surface area (Å²) in [7, 11) is 0. The number of halogens is 1. The molecule has 2 aromatic rings. The van der Waals surface area contributed by atoms with Gasteiger partial charge in [0.2, 0.25) is 5.13 Å². The minimum Gasteiger partial charge on any atom is -0.483 e. The second-order valence-electron chi connectivity index (χ2n) is 6.58. The maximum atomic E-state index is 12.2. The predicted molar refractivity (Wildman–Crippen MR) is 105 cm³/mol. The van der Waals surface area contributed by atoms with Gasteiger partial charge in [-0.15, -0.1) is 10.2 Å². The maximum absolute atomic E-state index is 12.2. The number of ether oxygens (including phenoxy) is 2. The summed E-state index contributed by atoms with van der Waals surface area (Å²) in [4.78, 5) is 12.2. The summed E-state index contributed by atoms with van der Waals surface area (Å²) in [5.41, 5.74) is 2.13. The molecule has 2 heterocycles. The van der Waals surface area contributed by atoms with Gasteiger partial charge in [-0.2, -0.15) is 0 Å². The minimum atomic E-state index is -0.254. The third-order valence-electron chi connectivity index (χ3n) is 4.16. The van der Waals surface area contributed by atoms with Gasteiger partial charge in [-0.3, -0.25) is 10.1 Å². The Morgan fingerprint density at radius 2 is 2.27 bits per heavy atom. The molecule has 140 valence electrons. The zero-order valence-corrected chi connectivity index (χ0v) is 17.4. The van der Waals surface area contributed by atoms with Crippen LogP contribution in [0.1, 0.15) is 54.8 Å². The molecule has 3 rings (SSSR count). The van der Waals surface area contributed by atoms with Crippen molar-refractivity contribution in [3.63, 3.8) is 0 Å². The van der Waals surface area contributed by atoms with Gasteiger partial charge in [0.05, 0.1) is 0 Å². The van der Waals surface area contributed by atoms with E-state index in [1.165, 1.54) is 11.3 Å². The largest absolute Gasteiger partial charge is 0.483 e. The Kier molecular flexibility index (Phi) is 6.26. The Labute approximate surface area is 165 Å². The maximum Gasteiger partial charge on any atom is 0.264 e. The number of carbonyl (C=O) groups is 1. The van der Waals surface area contributed by atoms with Crippen LogP contribution in [0.25, 0.3) is 0 Å². The first-order valence-corrected chi connectivity index (χ1v) is 10.2. The number of hydrogen-bond donors (Lipinski definition) is 1. The molecule has 0 unspecified atom stereocenters. The second-order valence-corrected chi connectivity index (χ2v) is 8.44. The summed E-state index contributed by atoms with van der Waals surface area (Å²) in [6.45, 7) is 6.87. The minimum absolute atomic E-state index is 0.00810. The standard InChI is InChI=1S/C18H22BrN3O3S/c1-10(2)12-8-13(19)11(3)7-15(12)25-9-16(23)20-18-22-21-17(26-18)14-5-4-6-24-14/h7-8,10,14H,4-6,9H2,1-3H3,(H,20,22,23)/t14-/m0/s1. The molecule has 1 aliphatic rings. The van der Waals surface area contributed by atoms with Crippen LogP contribution in [0.3, 0.4) is 0 Å². The first-order chi connectivity index (χ1) is 12.4. The van der Waals surface area contributed by atoms with E-state index in [1.807, 2.05) is 19.1 Å². The molecule has 1 amide bonds. The van der Waals surface area contributed by atoms with Crippen molar-refractivity contribution in [2.75, 3.05) is 18.5 Å². The third kappa shape index (κ3) is 4.61. The van der Waals surface area contributed by atoms with Crippen LogP contribution in [-0.4, -0.2) is 29.3 Å². The molecular weight excluding hydrogens is 418 g/mol. The van der Waals surface area contributed by atoms with Gasteiger partial charge in [0.25, 0.3) is 5.91 Å². The number of benzene rings is 1. The SMILES string of the molecule is Cc1cc(OCC(=O)Nc2nnc([C@@H]3CCCO3)s2)c(C(C)C)cc1Br. The van der Waals surface area contributed by atoms with Crippen molar-refractivity contribution < 1.29 is 14.3 Å². The van der Waals surface area contributed by atoms with Gasteiger partial charge in [0.15, 0.2) is 6.61 Å².